The summed E-state index contributed by atoms with van der Waals surface area (Å²) in [5, 5.41) is 3.27. The first-order valence-electron chi connectivity index (χ1n) is 6.26. The van der Waals surface area contributed by atoms with Gasteiger partial charge in [0.25, 0.3) is 0 Å². The van der Waals surface area contributed by atoms with Gasteiger partial charge in [0.15, 0.2) is 0 Å². The van der Waals surface area contributed by atoms with Crippen LogP contribution in [0.4, 0.5) is 8.78 Å². The monoisotopic (exact) mass is 251 g/mol. The molecule has 0 aliphatic carbocycles. The summed E-state index contributed by atoms with van der Waals surface area (Å²) in [7, 11) is 0. The van der Waals surface area contributed by atoms with Crippen molar-refractivity contribution in [3.05, 3.63) is 30.1 Å². The highest BCUT2D eigenvalue weighted by atomic mass is 19.3. The molecule has 1 unspecified atom stereocenters. The van der Waals surface area contributed by atoms with E-state index in [9.17, 15) is 8.78 Å². The predicted molar refractivity (Wildman–Crippen MR) is 65.6 cm³/mol. The highest BCUT2D eigenvalue weighted by Gasteiger charge is 2.25. The SMILES string of the molecule is FC(F)n1c(C2CCCCN2)nc2ccccc21. The molecular formula is C13H15F2N3. The Labute approximate surface area is 104 Å². The lowest BCUT2D eigenvalue weighted by Crippen LogP contribution is -2.29. The summed E-state index contributed by atoms with van der Waals surface area (Å²) in [6.07, 6.45) is 3.03. The van der Waals surface area contributed by atoms with Gasteiger partial charge in [0.1, 0.15) is 5.82 Å². The number of aromatic nitrogens is 2. The topological polar surface area (TPSA) is 29.9 Å². The molecule has 2 heterocycles. The van der Waals surface area contributed by atoms with Crippen LogP contribution in [0.15, 0.2) is 24.3 Å². The summed E-state index contributed by atoms with van der Waals surface area (Å²) in [4.78, 5) is 4.38. The first kappa shape index (κ1) is 11.6. The average Bonchev–Trinajstić information content (AvgIpc) is 2.79. The molecule has 3 rings (SSSR count). The summed E-state index contributed by atoms with van der Waals surface area (Å²) in [5.74, 6) is 0.464. The number of benzene rings is 1. The van der Waals surface area contributed by atoms with Gasteiger partial charge in [0.05, 0.1) is 17.1 Å². The molecule has 1 aliphatic rings. The summed E-state index contributed by atoms with van der Waals surface area (Å²) in [6.45, 7) is -1.67. The zero-order valence-corrected chi connectivity index (χ0v) is 9.94. The highest BCUT2D eigenvalue weighted by molar-refractivity contribution is 5.76. The van der Waals surface area contributed by atoms with E-state index in [4.69, 9.17) is 0 Å². The third kappa shape index (κ3) is 1.88. The minimum Gasteiger partial charge on any atom is -0.307 e. The molecule has 0 radical (unpaired) electrons. The van der Waals surface area contributed by atoms with Crippen molar-refractivity contribution < 1.29 is 8.78 Å². The third-order valence-electron chi connectivity index (χ3n) is 3.44. The normalized spacial score (nSPS) is 20.7. The molecule has 3 nitrogen and oxygen atoms in total. The second-order valence-corrected chi connectivity index (χ2v) is 4.61. The van der Waals surface area contributed by atoms with E-state index in [1.165, 1.54) is 0 Å². The lowest BCUT2D eigenvalue weighted by Gasteiger charge is -2.23. The number of hydrogen-bond donors (Lipinski definition) is 1. The number of piperidine rings is 1. The number of hydrogen-bond acceptors (Lipinski definition) is 2. The van der Waals surface area contributed by atoms with Crippen LogP contribution in [0.1, 0.15) is 37.7 Å². The lowest BCUT2D eigenvalue weighted by molar-refractivity contribution is 0.0688. The van der Waals surface area contributed by atoms with E-state index >= 15 is 0 Å². The van der Waals surface area contributed by atoms with E-state index in [2.05, 4.69) is 10.3 Å². The van der Waals surface area contributed by atoms with Crippen LogP contribution in [0.5, 0.6) is 0 Å². The summed E-state index contributed by atoms with van der Waals surface area (Å²) >= 11 is 0. The average molecular weight is 251 g/mol. The van der Waals surface area contributed by atoms with Gasteiger partial charge in [0, 0.05) is 0 Å². The molecule has 5 heteroatoms. The van der Waals surface area contributed by atoms with Crippen molar-refractivity contribution in [3.8, 4) is 0 Å². The Balaban J connectivity index is 2.11. The van der Waals surface area contributed by atoms with Crippen LogP contribution in [0, 0.1) is 0 Å². The number of rotatable bonds is 2. The summed E-state index contributed by atoms with van der Waals surface area (Å²) in [5.41, 5.74) is 1.15. The van der Waals surface area contributed by atoms with E-state index in [0.29, 0.717) is 16.9 Å². The van der Waals surface area contributed by atoms with E-state index in [1.54, 1.807) is 18.2 Å². The Kier molecular flexibility index (Phi) is 2.99. The second kappa shape index (κ2) is 4.65. The summed E-state index contributed by atoms with van der Waals surface area (Å²) in [6, 6.07) is 7.01. The molecule has 0 bridgehead atoms. The van der Waals surface area contributed by atoms with Crippen molar-refractivity contribution >= 4 is 11.0 Å². The van der Waals surface area contributed by atoms with Crippen LogP contribution in [0.2, 0.25) is 0 Å². The number of nitrogens with one attached hydrogen (secondary N) is 1. The fourth-order valence-electron chi connectivity index (χ4n) is 2.59. The van der Waals surface area contributed by atoms with Crippen LogP contribution in [0.3, 0.4) is 0 Å². The molecule has 18 heavy (non-hydrogen) atoms. The maximum Gasteiger partial charge on any atom is 0.320 e. The molecule has 1 aromatic carbocycles. The van der Waals surface area contributed by atoms with Gasteiger partial charge < -0.3 is 5.32 Å². The van der Waals surface area contributed by atoms with Crippen molar-refractivity contribution in [1.82, 2.24) is 14.9 Å². The van der Waals surface area contributed by atoms with Crippen molar-refractivity contribution in [3.63, 3.8) is 0 Å². The molecule has 96 valence electrons. The van der Waals surface area contributed by atoms with E-state index in [-0.39, 0.29) is 6.04 Å². The number of imidazole rings is 1. The Morgan fingerprint density at radius 3 is 2.83 bits per heavy atom. The molecule has 0 spiro atoms. The molecule has 2 aromatic rings. The maximum absolute atomic E-state index is 13.2. The molecule has 1 fully saturated rings. The maximum atomic E-state index is 13.2. The number of halogens is 2. The first-order chi connectivity index (χ1) is 8.77. The molecule has 1 saturated heterocycles. The fourth-order valence-corrected chi connectivity index (χ4v) is 2.59. The zero-order chi connectivity index (χ0) is 12.5. The van der Waals surface area contributed by atoms with Crippen molar-refractivity contribution in [2.75, 3.05) is 6.54 Å². The number of alkyl halides is 2. The minimum absolute atomic E-state index is 0.0554. The molecular weight excluding hydrogens is 236 g/mol. The van der Waals surface area contributed by atoms with Gasteiger partial charge in [-0.05, 0) is 31.5 Å². The van der Waals surface area contributed by atoms with Gasteiger partial charge in [-0.2, -0.15) is 8.78 Å². The molecule has 1 aromatic heterocycles. The Hall–Kier alpha value is -1.49. The number of nitrogens with zero attached hydrogens (tertiary/aromatic N) is 2. The highest BCUT2D eigenvalue weighted by Crippen LogP contribution is 2.30. The second-order valence-electron chi connectivity index (χ2n) is 4.61. The minimum atomic E-state index is -2.55. The van der Waals surface area contributed by atoms with Gasteiger partial charge in [0.2, 0.25) is 0 Å². The molecule has 0 saturated carbocycles. The lowest BCUT2D eigenvalue weighted by atomic mass is 10.0. The Bertz CT molecular complexity index is 544. The van der Waals surface area contributed by atoms with Gasteiger partial charge in [-0.25, -0.2) is 4.98 Å². The van der Waals surface area contributed by atoms with Gasteiger partial charge in [-0.3, -0.25) is 4.57 Å². The van der Waals surface area contributed by atoms with Crippen LogP contribution in [-0.2, 0) is 0 Å². The van der Waals surface area contributed by atoms with Crippen molar-refractivity contribution in [2.45, 2.75) is 31.9 Å². The molecule has 1 atom stereocenters. The number of para-hydroxylation sites is 2. The standard InChI is InChI=1S/C13H15F2N3/c14-13(15)18-11-7-2-1-5-9(11)17-12(18)10-6-3-4-8-16-10/h1-2,5,7,10,13,16H,3-4,6,8H2. The van der Waals surface area contributed by atoms with Crippen LogP contribution in [-0.4, -0.2) is 16.1 Å². The van der Waals surface area contributed by atoms with Crippen LogP contribution < -0.4 is 5.32 Å². The third-order valence-corrected chi connectivity index (χ3v) is 3.44. The van der Waals surface area contributed by atoms with E-state index in [1.807, 2.05) is 6.07 Å². The molecule has 1 aliphatic heterocycles. The van der Waals surface area contributed by atoms with E-state index in [0.717, 1.165) is 30.4 Å². The predicted octanol–water partition coefficient (Wildman–Crippen LogP) is 3.25. The quantitative estimate of drug-likeness (QED) is 0.888. The zero-order valence-electron chi connectivity index (χ0n) is 9.94. The Morgan fingerprint density at radius 1 is 1.28 bits per heavy atom. The van der Waals surface area contributed by atoms with Crippen molar-refractivity contribution in [1.29, 1.82) is 0 Å². The smallest absolute Gasteiger partial charge is 0.307 e. The fraction of sp³-hybridized carbons (Fsp3) is 0.462. The first-order valence-corrected chi connectivity index (χ1v) is 6.26. The largest absolute Gasteiger partial charge is 0.320 e. The van der Waals surface area contributed by atoms with Crippen LogP contribution in [0.25, 0.3) is 11.0 Å². The van der Waals surface area contributed by atoms with Gasteiger partial charge in [-0.1, -0.05) is 18.6 Å². The summed E-state index contributed by atoms with van der Waals surface area (Å²) < 4.78 is 27.5. The molecule has 1 N–H and O–H groups in total. The Morgan fingerprint density at radius 2 is 2.11 bits per heavy atom. The number of fused-ring (bicyclic) bond motifs is 1. The van der Waals surface area contributed by atoms with E-state index < -0.39 is 6.55 Å². The van der Waals surface area contributed by atoms with Gasteiger partial charge >= 0.3 is 6.55 Å². The van der Waals surface area contributed by atoms with Crippen LogP contribution >= 0.6 is 0 Å². The van der Waals surface area contributed by atoms with Crippen molar-refractivity contribution in [2.24, 2.45) is 0 Å². The molecule has 0 amide bonds. The van der Waals surface area contributed by atoms with Gasteiger partial charge in [-0.15, -0.1) is 0 Å².